The van der Waals surface area contributed by atoms with Crippen molar-refractivity contribution < 1.29 is 17.6 Å². The Morgan fingerprint density at radius 1 is 1.12 bits per heavy atom. The SMILES string of the molecule is CS(=O)(=O)N1CCCC(C(=O)N2CCCC2c2ccc(F)cc2)C1. The van der Waals surface area contributed by atoms with Crippen LogP contribution in [0, 0.1) is 11.7 Å². The minimum absolute atomic E-state index is 0.0233. The highest BCUT2D eigenvalue weighted by Crippen LogP contribution is 2.34. The molecule has 2 aliphatic rings. The van der Waals surface area contributed by atoms with Crippen LogP contribution in [-0.4, -0.2) is 49.4 Å². The quantitative estimate of drug-likeness (QED) is 0.836. The van der Waals surface area contributed by atoms with Crippen LogP contribution in [0.4, 0.5) is 4.39 Å². The second-order valence-corrected chi connectivity index (χ2v) is 8.68. The van der Waals surface area contributed by atoms with Crippen LogP contribution in [0.1, 0.15) is 37.3 Å². The Hall–Kier alpha value is -1.47. The number of nitrogens with zero attached hydrogens (tertiary/aromatic N) is 2. The van der Waals surface area contributed by atoms with Gasteiger partial charge in [-0.2, -0.15) is 0 Å². The first-order valence-electron chi connectivity index (χ1n) is 8.37. The normalized spacial score (nSPS) is 25.8. The third kappa shape index (κ3) is 3.62. The van der Waals surface area contributed by atoms with Crippen molar-refractivity contribution >= 4 is 15.9 Å². The van der Waals surface area contributed by atoms with Crippen molar-refractivity contribution in [3.8, 4) is 0 Å². The molecule has 0 N–H and O–H groups in total. The second-order valence-electron chi connectivity index (χ2n) is 6.70. The Morgan fingerprint density at radius 2 is 1.79 bits per heavy atom. The monoisotopic (exact) mass is 354 g/mol. The van der Waals surface area contributed by atoms with Crippen LogP contribution in [0.25, 0.3) is 0 Å². The summed E-state index contributed by atoms with van der Waals surface area (Å²) < 4.78 is 38.1. The predicted molar refractivity (Wildman–Crippen MR) is 89.2 cm³/mol. The molecule has 7 heteroatoms. The molecule has 1 aromatic carbocycles. The van der Waals surface area contributed by atoms with E-state index in [1.54, 1.807) is 12.1 Å². The third-order valence-electron chi connectivity index (χ3n) is 4.99. The van der Waals surface area contributed by atoms with Gasteiger partial charge in [0.05, 0.1) is 18.2 Å². The summed E-state index contributed by atoms with van der Waals surface area (Å²) in [5, 5.41) is 0. The Labute approximate surface area is 142 Å². The average molecular weight is 354 g/mol. The van der Waals surface area contributed by atoms with E-state index < -0.39 is 10.0 Å². The molecule has 0 bridgehead atoms. The first kappa shape index (κ1) is 17.4. The van der Waals surface area contributed by atoms with Crippen molar-refractivity contribution in [2.75, 3.05) is 25.9 Å². The lowest BCUT2D eigenvalue weighted by atomic mass is 9.96. The highest BCUT2D eigenvalue weighted by atomic mass is 32.2. The lowest BCUT2D eigenvalue weighted by molar-refractivity contribution is -0.137. The largest absolute Gasteiger partial charge is 0.335 e. The van der Waals surface area contributed by atoms with Crippen molar-refractivity contribution in [2.24, 2.45) is 5.92 Å². The summed E-state index contributed by atoms with van der Waals surface area (Å²) in [6, 6.07) is 6.27. The molecule has 2 unspecified atom stereocenters. The number of sulfonamides is 1. The third-order valence-corrected chi connectivity index (χ3v) is 6.26. The molecule has 1 aromatic rings. The molecular formula is C17H23FN2O3S. The number of likely N-dealkylation sites (tertiary alicyclic amines) is 1. The second kappa shape index (κ2) is 6.80. The van der Waals surface area contributed by atoms with Crippen molar-refractivity contribution in [1.82, 2.24) is 9.21 Å². The molecule has 132 valence electrons. The van der Waals surface area contributed by atoms with Crippen LogP contribution in [0.5, 0.6) is 0 Å². The molecule has 0 aromatic heterocycles. The van der Waals surface area contributed by atoms with Gasteiger partial charge in [-0.05, 0) is 43.4 Å². The first-order valence-corrected chi connectivity index (χ1v) is 10.2. The van der Waals surface area contributed by atoms with Crippen LogP contribution < -0.4 is 0 Å². The van der Waals surface area contributed by atoms with Gasteiger partial charge in [0, 0.05) is 19.6 Å². The van der Waals surface area contributed by atoms with Crippen LogP contribution in [0.3, 0.4) is 0 Å². The summed E-state index contributed by atoms with van der Waals surface area (Å²) >= 11 is 0. The summed E-state index contributed by atoms with van der Waals surface area (Å²) in [5.41, 5.74) is 0.943. The van der Waals surface area contributed by atoms with Gasteiger partial charge in [0.2, 0.25) is 15.9 Å². The van der Waals surface area contributed by atoms with Gasteiger partial charge in [-0.3, -0.25) is 4.79 Å². The van der Waals surface area contributed by atoms with Gasteiger partial charge < -0.3 is 4.90 Å². The highest BCUT2D eigenvalue weighted by molar-refractivity contribution is 7.88. The molecule has 0 aliphatic carbocycles. The van der Waals surface area contributed by atoms with Crippen LogP contribution >= 0.6 is 0 Å². The Balaban J connectivity index is 1.74. The number of hydrogen-bond acceptors (Lipinski definition) is 3. The molecular weight excluding hydrogens is 331 g/mol. The van der Waals surface area contributed by atoms with Gasteiger partial charge in [-0.1, -0.05) is 12.1 Å². The van der Waals surface area contributed by atoms with E-state index in [0.29, 0.717) is 19.5 Å². The standard InChI is InChI=1S/C17H23FN2O3S/c1-24(22,23)19-10-2-4-14(12-19)17(21)20-11-3-5-16(20)13-6-8-15(18)9-7-13/h6-9,14,16H,2-5,10-12H2,1H3. The summed E-state index contributed by atoms with van der Waals surface area (Å²) in [7, 11) is -3.27. The molecule has 0 saturated carbocycles. The molecule has 24 heavy (non-hydrogen) atoms. The molecule has 2 aliphatic heterocycles. The Bertz CT molecular complexity index is 705. The van der Waals surface area contributed by atoms with Crippen molar-refractivity contribution in [1.29, 1.82) is 0 Å². The van der Waals surface area contributed by atoms with E-state index in [4.69, 9.17) is 0 Å². The van der Waals surface area contributed by atoms with Gasteiger partial charge >= 0.3 is 0 Å². The van der Waals surface area contributed by atoms with Gasteiger partial charge in [-0.25, -0.2) is 17.1 Å². The summed E-state index contributed by atoms with van der Waals surface area (Å²) in [6.07, 6.45) is 4.39. The zero-order chi connectivity index (χ0) is 17.3. The maximum Gasteiger partial charge on any atom is 0.227 e. The van der Waals surface area contributed by atoms with E-state index in [9.17, 15) is 17.6 Å². The number of piperidine rings is 1. The summed E-state index contributed by atoms with van der Waals surface area (Å²) in [4.78, 5) is 14.8. The fraction of sp³-hybridized carbons (Fsp3) is 0.588. The van der Waals surface area contributed by atoms with E-state index in [-0.39, 0.29) is 30.2 Å². The molecule has 5 nitrogen and oxygen atoms in total. The van der Waals surface area contributed by atoms with E-state index in [1.165, 1.54) is 22.7 Å². The van der Waals surface area contributed by atoms with E-state index in [0.717, 1.165) is 24.8 Å². The number of hydrogen-bond donors (Lipinski definition) is 0. The van der Waals surface area contributed by atoms with Gasteiger partial charge in [-0.15, -0.1) is 0 Å². The Kier molecular flexibility index (Phi) is 4.92. The summed E-state index contributed by atoms with van der Waals surface area (Å²) in [5.74, 6) is -0.546. The number of halogens is 1. The zero-order valence-corrected chi connectivity index (χ0v) is 14.6. The number of carbonyl (C=O) groups excluding carboxylic acids is 1. The average Bonchev–Trinajstić information content (AvgIpc) is 3.04. The van der Waals surface area contributed by atoms with Crippen LogP contribution in [-0.2, 0) is 14.8 Å². The van der Waals surface area contributed by atoms with Gasteiger partial charge in [0.1, 0.15) is 5.82 Å². The van der Waals surface area contributed by atoms with Gasteiger partial charge in [0.25, 0.3) is 0 Å². The minimum Gasteiger partial charge on any atom is -0.335 e. The van der Waals surface area contributed by atoms with E-state index >= 15 is 0 Å². The number of benzene rings is 1. The maximum atomic E-state index is 13.1. The number of amides is 1. The number of rotatable bonds is 3. The lowest BCUT2D eigenvalue weighted by Crippen LogP contribution is -2.46. The van der Waals surface area contributed by atoms with Crippen molar-refractivity contribution in [3.05, 3.63) is 35.6 Å². The van der Waals surface area contributed by atoms with E-state index in [2.05, 4.69) is 0 Å². The van der Waals surface area contributed by atoms with Crippen LogP contribution in [0.2, 0.25) is 0 Å². The molecule has 0 spiro atoms. The molecule has 0 radical (unpaired) electrons. The molecule has 2 fully saturated rings. The smallest absolute Gasteiger partial charge is 0.227 e. The fourth-order valence-corrected chi connectivity index (χ4v) is 4.65. The Morgan fingerprint density at radius 3 is 2.46 bits per heavy atom. The topological polar surface area (TPSA) is 57.7 Å². The molecule has 2 saturated heterocycles. The highest BCUT2D eigenvalue weighted by Gasteiger charge is 2.37. The van der Waals surface area contributed by atoms with Crippen molar-refractivity contribution in [3.63, 3.8) is 0 Å². The maximum absolute atomic E-state index is 13.1. The molecule has 2 atom stereocenters. The minimum atomic E-state index is -3.27. The molecule has 3 rings (SSSR count). The van der Waals surface area contributed by atoms with Gasteiger partial charge in [0.15, 0.2) is 0 Å². The van der Waals surface area contributed by atoms with Crippen LogP contribution in [0.15, 0.2) is 24.3 Å². The first-order chi connectivity index (χ1) is 11.4. The lowest BCUT2D eigenvalue weighted by Gasteiger charge is -2.34. The molecule has 2 heterocycles. The summed E-state index contributed by atoms with van der Waals surface area (Å²) in [6.45, 7) is 1.44. The number of carbonyl (C=O) groups is 1. The zero-order valence-electron chi connectivity index (χ0n) is 13.8. The fourth-order valence-electron chi connectivity index (χ4n) is 3.74. The van der Waals surface area contributed by atoms with Crippen molar-refractivity contribution in [2.45, 2.75) is 31.7 Å². The van der Waals surface area contributed by atoms with E-state index in [1.807, 2.05) is 4.90 Å². The molecule has 1 amide bonds. The predicted octanol–water partition coefficient (Wildman–Crippen LogP) is 2.16.